The number of aliphatic hydroxyl groups excluding tert-OH is 1. The molecule has 2 aliphatic rings. The fourth-order valence-electron chi connectivity index (χ4n) is 2.94. The van der Waals surface area contributed by atoms with Crippen LogP contribution in [0.15, 0.2) is 0 Å². The Morgan fingerprint density at radius 3 is 2.45 bits per heavy atom. The van der Waals surface area contributed by atoms with Crippen LogP contribution >= 0.6 is 0 Å². The highest BCUT2D eigenvalue weighted by Crippen LogP contribution is 2.71. The molecule has 0 bridgehead atoms. The third-order valence-electron chi connectivity index (χ3n) is 4.24. The van der Waals surface area contributed by atoms with Crippen LogP contribution < -0.4 is 0 Å². The molecule has 0 unspecified atom stereocenters. The van der Waals surface area contributed by atoms with Gasteiger partial charge in [0.25, 0.3) is 0 Å². The lowest BCUT2D eigenvalue weighted by Crippen LogP contribution is -2.19. The minimum Gasteiger partial charge on any atom is -0.396 e. The number of aliphatic hydroxyl groups is 1. The van der Waals surface area contributed by atoms with E-state index in [0.717, 1.165) is 6.42 Å². The normalized spacial score (nSPS) is 61.0. The summed E-state index contributed by atoms with van der Waals surface area (Å²) < 4.78 is 0. The Morgan fingerprint density at radius 1 is 1.55 bits per heavy atom. The van der Waals surface area contributed by atoms with Crippen LogP contribution in [0.1, 0.15) is 20.3 Å². The standard InChI is InChI=1S/C9H15BO/c1-5-6(2)9(4-11)3-7(9)8(5)10/h5-8,11H,3-4H2,1-2H3/t5-,6+,7-,8+,9+/m1/s1. The van der Waals surface area contributed by atoms with Crippen LogP contribution in [0, 0.1) is 23.2 Å². The molecule has 0 saturated heterocycles. The molecular formula is C9H15BO. The van der Waals surface area contributed by atoms with Crippen molar-refractivity contribution in [2.45, 2.75) is 26.1 Å². The summed E-state index contributed by atoms with van der Waals surface area (Å²) in [6.07, 6.45) is 1.16. The van der Waals surface area contributed by atoms with Crippen molar-refractivity contribution in [2.24, 2.45) is 23.2 Å². The van der Waals surface area contributed by atoms with Gasteiger partial charge < -0.3 is 5.11 Å². The van der Waals surface area contributed by atoms with Gasteiger partial charge in [0.1, 0.15) is 0 Å². The third-order valence-corrected chi connectivity index (χ3v) is 4.24. The Hall–Kier alpha value is 0.0249. The van der Waals surface area contributed by atoms with E-state index in [1.165, 1.54) is 0 Å². The van der Waals surface area contributed by atoms with Gasteiger partial charge in [-0.3, -0.25) is 0 Å². The summed E-state index contributed by atoms with van der Waals surface area (Å²) in [5, 5.41) is 9.22. The Morgan fingerprint density at radius 2 is 2.18 bits per heavy atom. The minimum absolute atomic E-state index is 0.235. The molecule has 2 heteroatoms. The van der Waals surface area contributed by atoms with Crippen molar-refractivity contribution in [1.29, 1.82) is 0 Å². The van der Waals surface area contributed by atoms with E-state index < -0.39 is 0 Å². The Balaban J connectivity index is 2.21. The van der Waals surface area contributed by atoms with E-state index in [4.69, 9.17) is 7.85 Å². The fraction of sp³-hybridized carbons (Fsp3) is 1.00. The largest absolute Gasteiger partial charge is 0.396 e. The number of hydrogen-bond acceptors (Lipinski definition) is 1. The summed E-state index contributed by atoms with van der Waals surface area (Å²) in [6.45, 7) is 4.78. The predicted molar refractivity (Wildman–Crippen MR) is 45.5 cm³/mol. The lowest BCUT2D eigenvalue weighted by atomic mass is 9.74. The zero-order valence-corrected chi connectivity index (χ0v) is 7.25. The van der Waals surface area contributed by atoms with Crippen LogP contribution in [-0.4, -0.2) is 19.6 Å². The lowest BCUT2D eigenvalue weighted by molar-refractivity contribution is 0.155. The van der Waals surface area contributed by atoms with Crippen molar-refractivity contribution < 1.29 is 5.11 Å². The first kappa shape index (κ1) is 7.66. The van der Waals surface area contributed by atoms with E-state index >= 15 is 0 Å². The molecular weight excluding hydrogens is 135 g/mol. The van der Waals surface area contributed by atoms with Crippen molar-refractivity contribution in [1.82, 2.24) is 0 Å². The van der Waals surface area contributed by atoms with Gasteiger partial charge in [0.2, 0.25) is 0 Å². The Kier molecular flexibility index (Phi) is 1.42. The lowest BCUT2D eigenvalue weighted by Gasteiger charge is -2.22. The maximum absolute atomic E-state index is 9.22. The Labute approximate surface area is 69.6 Å². The van der Waals surface area contributed by atoms with E-state index in [9.17, 15) is 5.11 Å². The molecule has 1 N–H and O–H groups in total. The first-order valence-electron chi connectivity index (χ1n) is 4.50. The van der Waals surface area contributed by atoms with Gasteiger partial charge >= 0.3 is 0 Å². The van der Waals surface area contributed by atoms with E-state index in [1.807, 2.05) is 0 Å². The maximum atomic E-state index is 9.22. The maximum Gasteiger partial charge on any atom is 0.0707 e. The summed E-state index contributed by atoms with van der Waals surface area (Å²) in [7, 11) is 6.00. The molecule has 0 amide bonds. The molecule has 0 heterocycles. The van der Waals surface area contributed by atoms with Crippen molar-refractivity contribution in [3.8, 4) is 0 Å². The molecule has 0 aliphatic heterocycles. The van der Waals surface area contributed by atoms with Crippen molar-refractivity contribution in [3.63, 3.8) is 0 Å². The van der Waals surface area contributed by atoms with Crippen molar-refractivity contribution >= 4 is 7.85 Å². The summed E-state index contributed by atoms with van der Waals surface area (Å²) in [4.78, 5) is 0. The van der Waals surface area contributed by atoms with Gasteiger partial charge in [-0.25, -0.2) is 0 Å². The predicted octanol–water partition coefficient (Wildman–Crippen LogP) is 1.23. The molecule has 2 rings (SSSR count). The van der Waals surface area contributed by atoms with Gasteiger partial charge in [-0.2, -0.15) is 0 Å². The van der Waals surface area contributed by atoms with Gasteiger partial charge in [0.15, 0.2) is 0 Å². The van der Waals surface area contributed by atoms with Crippen LogP contribution in [0.5, 0.6) is 0 Å². The summed E-state index contributed by atoms with van der Waals surface area (Å²) in [5.74, 6) is 2.18. The first-order valence-corrected chi connectivity index (χ1v) is 4.50. The number of hydrogen-bond donors (Lipinski definition) is 1. The van der Waals surface area contributed by atoms with E-state index in [0.29, 0.717) is 30.2 Å². The third kappa shape index (κ3) is 0.716. The molecule has 5 atom stereocenters. The molecule has 2 fully saturated rings. The average Bonchev–Trinajstić information content (AvgIpc) is 2.71. The van der Waals surface area contributed by atoms with Crippen LogP contribution in [0.4, 0.5) is 0 Å². The molecule has 2 aliphatic carbocycles. The quantitative estimate of drug-likeness (QED) is 0.557. The molecule has 0 spiro atoms. The first-order chi connectivity index (χ1) is 5.13. The molecule has 2 saturated carbocycles. The van der Waals surface area contributed by atoms with Crippen molar-refractivity contribution in [2.75, 3.05) is 6.61 Å². The molecule has 0 aromatic carbocycles. The van der Waals surface area contributed by atoms with Crippen LogP contribution in [0.25, 0.3) is 0 Å². The van der Waals surface area contributed by atoms with Crippen molar-refractivity contribution in [3.05, 3.63) is 0 Å². The smallest absolute Gasteiger partial charge is 0.0707 e. The average molecular weight is 150 g/mol. The molecule has 2 radical (unpaired) electrons. The van der Waals surface area contributed by atoms with E-state index in [-0.39, 0.29) is 5.41 Å². The minimum atomic E-state index is 0.235. The molecule has 0 aromatic rings. The number of fused-ring (bicyclic) bond motifs is 1. The second-order valence-corrected chi connectivity index (χ2v) is 4.43. The summed E-state index contributed by atoms with van der Waals surface area (Å²) in [5.41, 5.74) is 0.235. The zero-order valence-electron chi connectivity index (χ0n) is 7.25. The summed E-state index contributed by atoms with van der Waals surface area (Å²) >= 11 is 0. The van der Waals surface area contributed by atoms with E-state index in [2.05, 4.69) is 13.8 Å². The van der Waals surface area contributed by atoms with Crippen LogP contribution in [0.2, 0.25) is 5.82 Å². The molecule has 11 heavy (non-hydrogen) atoms. The zero-order chi connectivity index (χ0) is 8.22. The molecule has 60 valence electrons. The molecule has 1 nitrogen and oxygen atoms in total. The van der Waals surface area contributed by atoms with Gasteiger partial charge in [0, 0.05) is 6.61 Å². The van der Waals surface area contributed by atoms with E-state index in [1.54, 1.807) is 0 Å². The highest BCUT2D eigenvalue weighted by Gasteiger charge is 2.65. The SMILES string of the molecule is [B][C@H]1[C@H](C)[C@H](C)[C@@]2(CO)C[C@H]12. The van der Waals surface area contributed by atoms with Crippen LogP contribution in [0.3, 0.4) is 0 Å². The Bertz CT molecular complexity index is 180. The topological polar surface area (TPSA) is 20.2 Å². The van der Waals surface area contributed by atoms with Gasteiger partial charge in [-0.1, -0.05) is 19.7 Å². The summed E-state index contributed by atoms with van der Waals surface area (Å²) in [6, 6.07) is 0. The van der Waals surface area contributed by atoms with Gasteiger partial charge in [0.05, 0.1) is 7.85 Å². The fourth-order valence-corrected chi connectivity index (χ4v) is 2.94. The second-order valence-electron chi connectivity index (χ2n) is 4.43. The highest BCUT2D eigenvalue weighted by atomic mass is 16.3. The van der Waals surface area contributed by atoms with Gasteiger partial charge in [-0.05, 0) is 29.6 Å². The molecule has 0 aromatic heterocycles. The monoisotopic (exact) mass is 150 g/mol. The second kappa shape index (κ2) is 2.04. The number of rotatable bonds is 1. The van der Waals surface area contributed by atoms with Gasteiger partial charge in [-0.15, -0.1) is 0 Å². The van der Waals surface area contributed by atoms with Crippen LogP contribution in [-0.2, 0) is 0 Å². The highest BCUT2D eigenvalue weighted by molar-refractivity contribution is 6.12.